The molecule has 1 atom stereocenters. The highest BCUT2D eigenvalue weighted by molar-refractivity contribution is 5.78. The Morgan fingerprint density at radius 3 is 2.95 bits per heavy atom. The molecule has 116 valence electrons. The highest BCUT2D eigenvalue weighted by atomic mass is 16.5. The minimum atomic E-state index is 0.203. The Morgan fingerprint density at radius 2 is 2.24 bits per heavy atom. The maximum atomic E-state index is 12.4. The molecule has 5 nitrogen and oxygen atoms in total. The van der Waals surface area contributed by atoms with E-state index in [4.69, 9.17) is 4.74 Å². The van der Waals surface area contributed by atoms with Crippen LogP contribution in [0.2, 0.25) is 0 Å². The molecule has 0 aliphatic carbocycles. The van der Waals surface area contributed by atoms with Gasteiger partial charge in [0.2, 0.25) is 5.91 Å². The minimum Gasteiger partial charge on any atom is -0.380 e. The summed E-state index contributed by atoms with van der Waals surface area (Å²) in [6, 6.07) is 4.22. The van der Waals surface area contributed by atoms with Crippen LogP contribution < -0.4 is 0 Å². The predicted octanol–water partition coefficient (Wildman–Crippen LogP) is 1.54. The van der Waals surface area contributed by atoms with Gasteiger partial charge in [0.15, 0.2) is 0 Å². The third-order valence-corrected chi connectivity index (χ3v) is 3.82. The molecular weight excluding hydrogens is 266 g/mol. The van der Waals surface area contributed by atoms with E-state index in [-0.39, 0.29) is 11.9 Å². The molecule has 0 bridgehead atoms. The number of pyridine rings is 1. The summed E-state index contributed by atoms with van der Waals surface area (Å²) in [7, 11) is 1.98. The van der Waals surface area contributed by atoms with Crippen molar-refractivity contribution in [3.8, 4) is 0 Å². The largest absolute Gasteiger partial charge is 0.380 e. The number of ether oxygens (including phenoxy) is 1. The predicted molar refractivity (Wildman–Crippen MR) is 81.8 cm³/mol. The average Bonchev–Trinajstić information content (AvgIpc) is 2.94. The molecule has 1 aliphatic heterocycles. The van der Waals surface area contributed by atoms with Crippen LogP contribution in [-0.4, -0.2) is 60.1 Å². The first-order chi connectivity index (χ1) is 10.2. The van der Waals surface area contributed by atoms with Gasteiger partial charge in [0.25, 0.3) is 0 Å². The third-order valence-electron chi connectivity index (χ3n) is 3.82. The SMILES string of the molecule is CCOC[C@@H]1CCCN1C(=O)CN(C)Cc1ccncc1. The molecule has 0 spiro atoms. The fraction of sp³-hybridized carbons (Fsp3) is 0.625. The second kappa shape index (κ2) is 8.10. The van der Waals surface area contributed by atoms with Crippen LogP contribution >= 0.6 is 0 Å². The lowest BCUT2D eigenvalue weighted by Crippen LogP contribution is -2.43. The molecule has 5 heteroatoms. The van der Waals surface area contributed by atoms with Crippen LogP contribution in [0.3, 0.4) is 0 Å². The first-order valence-corrected chi connectivity index (χ1v) is 7.65. The van der Waals surface area contributed by atoms with Crippen molar-refractivity contribution in [3.63, 3.8) is 0 Å². The van der Waals surface area contributed by atoms with Crippen LogP contribution in [0.4, 0.5) is 0 Å². The van der Waals surface area contributed by atoms with E-state index in [9.17, 15) is 4.79 Å². The zero-order valence-electron chi connectivity index (χ0n) is 13.0. The lowest BCUT2D eigenvalue weighted by Gasteiger charge is -2.27. The molecular formula is C16H25N3O2. The monoisotopic (exact) mass is 291 g/mol. The Labute approximate surface area is 126 Å². The lowest BCUT2D eigenvalue weighted by atomic mass is 10.2. The van der Waals surface area contributed by atoms with Gasteiger partial charge in [-0.2, -0.15) is 0 Å². The Morgan fingerprint density at radius 1 is 1.48 bits per heavy atom. The number of carbonyl (C=O) groups excluding carboxylic acids is 1. The summed E-state index contributed by atoms with van der Waals surface area (Å²) in [6.07, 6.45) is 5.70. The summed E-state index contributed by atoms with van der Waals surface area (Å²) in [5, 5.41) is 0. The molecule has 21 heavy (non-hydrogen) atoms. The van der Waals surface area contributed by atoms with Crippen molar-refractivity contribution in [2.45, 2.75) is 32.4 Å². The Balaban J connectivity index is 1.82. The topological polar surface area (TPSA) is 45.7 Å². The van der Waals surface area contributed by atoms with Crippen LogP contribution in [0.5, 0.6) is 0 Å². The van der Waals surface area contributed by atoms with Crippen molar-refractivity contribution < 1.29 is 9.53 Å². The van der Waals surface area contributed by atoms with Gasteiger partial charge >= 0.3 is 0 Å². The van der Waals surface area contributed by atoms with Gasteiger partial charge in [0.05, 0.1) is 19.2 Å². The first kappa shape index (κ1) is 15.9. The van der Waals surface area contributed by atoms with Crippen molar-refractivity contribution in [1.82, 2.24) is 14.8 Å². The van der Waals surface area contributed by atoms with E-state index in [1.165, 1.54) is 5.56 Å². The number of rotatable bonds is 7. The summed E-state index contributed by atoms with van der Waals surface area (Å²) < 4.78 is 5.48. The van der Waals surface area contributed by atoms with Crippen molar-refractivity contribution in [1.29, 1.82) is 0 Å². The number of hydrogen-bond donors (Lipinski definition) is 0. The van der Waals surface area contributed by atoms with E-state index >= 15 is 0 Å². The second-order valence-electron chi connectivity index (χ2n) is 5.57. The van der Waals surface area contributed by atoms with Crippen molar-refractivity contribution in [2.75, 3.05) is 33.4 Å². The zero-order valence-corrected chi connectivity index (χ0v) is 13.0. The summed E-state index contributed by atoms with van der Waals surface area (Å²) >= 11 is 0. The quantitative estimate of drug-likeness (QED) is 0.764. The summed E-state index contributed by atoms with van der Waals surface area (Å²) in [6.45, 7) is 5.43. The Hall–Kier alpha value is -1.46. The van der Waals surface area contributed by atoms with Gasteiger partial charge in [0, 0.05) is 32.1 Å². The Bertz CT molecular complexity index is 438. The molecule has 1 aromatic heterocycles. The first-order valence-electron chi connectivity index (χ1n) is 7.65. The number of carbonyl (C=O) groups is 1. The van der Waals surface area contributed by atoms with E-state index in [0.29, 0.717) is 19.8 Å². The van der Waals surface area contributed by atoms with Gasteiger partial charge in [-0.25, -0.2) is 0 Å². The normalized spacial score (nSPS) is 18.4. The smallest absolute Gasteiger partial charge is 0.237 e. The van der Waals surface area contributed by atoms with Gasteiger partial charge in [-0.05, 0) is 44.5 Å². The third kappa shape index (κ3) is 4.79. The van der Waals surface area contributed by atoms with Crippen molar-refractivity contribution in [2.24, 2.45) is 0 Å². The van der Waals surface area contributed by atoms with E-state index in [1.54, 1.807) is 12.4 Å². The summed E-state index contributed by atoms with van der Waals surface area (Å²) in [4.78, 5) is 20.5. The number of likely N-dealkylation sites (tertiary alicyclic amines) is 1. The standard InChI is InChI=1S/C16H25N3O2/c1-3-21-13-15-5-4-10-19(15)16(20)12-18(2)11-14-6-8-17-9-7-14/h6-9,15H,3-5,10-13H2,1-2H3/t15-/m0/s1. The molecule has 0 N–H and O–H groups in total. The molecule has 2 rings (SSSR count). The van der Waals surface area contributed by atoms with Gasteiger partial charge < -0.3 is 9.64 Å². The molecule has 1 fully saturated rings. The number of hydrogen-bond acceptors (Lipinski definition) is 4. The number of likely N-dealkylation sites (N-methyl/N-ethyl adjacent to an activating group) is 1. The van der Waals surface area contributed by atoms with Gasteiger partial charge in [-0.3, -0.25) is 14.7 Å². The Kier molecular flexibility index (Phi) is 6.14. The summed E-state index contributed by atoms with van der Waals surface area (Å²) in [5.74, 6) is 0.203. The van der Waals surface area contributed by atoms with Crippen LogP contribution in [0.15, 0.2) is 24.5 Å². The average molecular weight is 291 g/mol. The number of amides is 1. The molecule has 0 saturated carbocycles. The van der Waals surface area contributed by atoms with E-state index in [0.717, 1.165) is 25.9 Å². The number of nitrogens with zero attached hydrogens (tertiary/aromatic N) is 3. The van der Waals surface area contributed by atoms with Gasteiger partial charge in [-0.1, -0.05) is 0 Å². The van der Waals surface area contributed by atoms with Crippen LogP contribution in [0.1, 0.15) is 25.3 Å². The molecule has 0 unspecified atom stereocenters. The molecule has 1 saturated heterocycles. The molecule has 1 aliphatic rings. The highest BCUT2D eigenvalue weighted by Crippen LogP contribution is 2.18. The second-order valence-corrected chi connectivity index (χ2v) is 5.57. The van der Waals surface area contributed by atoms with E-state index < -0.39 is 0 Å². The molecule has 0 aromatic carbocycles. The van der Waals surface area contributed by atoms with Crippen molar-refractivity contribution in [3.05, 3.63) is 30.1 Å². The fourth-order valence-electron chi connectivity index (χ4n) is 2.77. The zero-order chi connectivity index (χ0) is 15.1. The van der Waals surface area contributed by atoms with Gasteiger partial charge in [0.1, 0.15) is 0 Å². The molecule has 1 aromatic rings. The lowest BCUT2D eigenvalue weighted by molar-refractivity contribution is -0.134. The minimum absolute atomic E-state index is 0.203. The summed E-state index contributed by atoms with van der Waals surface area (Å²) in [5.41, 5.74) is 1.17. The van der Waals surface area contributed by atoms with Gasteiger partial charge in [-0.15, -0.1) is 0 Å². The van der Waals surface area contributed by atoms with Crippen LogP contribution in [-0.2, 0) is 16.1 Å². The van der Waals surface area contributed by atoms with E-state index in [2.05, 4.69) is 4.98 Å². The number of aromatic nitrogens is 1. The molecule has 0 radical (unpaired) electrons. The molecule has 2 heterocycles. The maximum Gasteiger partial charge on any atom is 0.237 e. The molecule has 1 amide bonds. The van der Waals surface area contributed by atoms with Crippen molar-refractivity contribution >= 4 is 5.91 Å². The fourth-order valence-corrected chi connectivity index (χ4v) is 2.77. The van der Waals surface area contributed by atoms with Crippen LogP contribution in [0.25, 0.3) is 0 Å². The van der Waals surface area contributed by atoms with E-state index in [1.807, 2.05) is 35.9 Å². The highest BCUT2D eigenvalue weighted by Gasteiger charge is 2.28. The maximum absolute atomic E-state index is 12.4. The van der Waals surface area contributed by atoms with Crippen LogP contribution in [0, 0.1) is 0 Å².